The summed E-state index contributed by atoms with van der Waals surface area (Å²) in [6.45, 7) is 2.43. The Morgan fingerprint density at radius 2 is 1.88 bits per heavy atom. The molecule has 132 valence electrons. The third kappa shape index (κ3) is 3.30. The van der Waals surface area contributed by atoms with Crippen LogP contribution in [0.5, 0.6) is 0 Å². The van der Waals surface area contributed by atoms with Crippen LogP contribution in [0, 0.1) is 0 Å². The number of rotatable bonds is 4. The number of anilines is 2. The van der Waals surface area contributed by atoms with Crippen LogP contribution in [0.25, 0.3) is 0 Å². The number of sulfonamides is 1. The van der Waals surface area contributed by atoms with Crippen LogP contribution in [-0.4, -0.2) is 27.9 Å². The van der Waals surface area contributed by atoms with Crippen molar-refractivity contribution in [1.82, 2.24) is 0 Å². The Bertz CT molecular complexity index is 910. The molecule has 5 nitrogen and oxygen atoms in total. The van der Waals surface area contributed by atoms with Crippen molar-refractivity contribution in [3.05, 3.63) is 52.5 Å². The lowest BCUT2D eigenvalue weighted by Gasteiger charge is -2.21. The van der Waals surface area contributed by atoms with Crippen LogP contribution < -0.4 is 9.21 Å². The molecule has 0 fully saturated rings. The summed E-state index contributed by atoms with van der Waals surface area (Å²) in [5, 5.41) is 0. The first-order chi connectivity index (χ1) is 11.8. The molecule has 0 unspecified atom stereocenters. The molecule has 3 rings (SSSR count). The number of benzene rings is 2. The minimum atomic E-state index is -3.66. The third-order valence-electron chi connectivity index (χ3n) is 4.40. The Kier molecular flexibility index (Phi) is 4.88. The van der Waals surface area contributed by atoms with E-state index in [9.17, 15) is 13.2 Å². The molecule has 0 aliphatic carbocycles. The van der Waals surface area contributed by atoms with Crippen LogP contribution in [-0.2, 0) is 21.2 Å². The van der Waals surface area contributed by atoms with Gasteiger partial charge in [-0.25, -0.2) is 8.42 Å². The molecule has 0 radical (unpaired) electrons. The normalized spacial score (nSPS) is 13.6. The first-order valence-electron chi connectivity index (χ1n) is 8.02. The Morgan fingerprint density at radius 1 is 1.20 bits per heavy atom. The van der Waals surface area contributed by atoms with E-state index in [1.54, 1.807) is 54.4 Å². The minimum Gasteiger partial charge on any atom is -0.312 e. The van der Waals surface area contributed by atoms with Gasteiger partial charge in [-0.15, -0.1) is 0 Å². The number of fused-ring (bicyclic) bond motifs is 1. The van der Waals surface area contributed by atoms with Crippen LogP contribution in [0.2, 0.25) is 0 Å². The molecule has 7 heteroatoms. The maximum atomic E-state index is 12.9. The lowest BCUT2D eigenvalue weighted by atomic mass is 10.2. The molecule has 1 aliphatic rings. The molecule has 0 saturated heterocycles. The molecule has 1 aliphatic heterocycles. The highest BCUT2D eigenvalue weighted by Crippen LogP contribution is 2.32. The lowest BCUT2D eigenvalue weighted by molar-refractivity contribution is -0.118. The highest BCUT2D eigenvalue weighted by Gasteiger charge is 2.27. The van der Waals surface area contributed by atoms with E-state index in [2.05, 4.69) is 15.9 Å². The van der Waals surface area contributed by atoms with E-state index in [-0.39, 0.29) is 10.8 Å². The van der Waals surface area contributed by atoms with Gasteiger partial charge in [0.2, 0.25) is 5.91 Å². The maximum absolute atomic E-state index is 12.9. The van der Waals surface area contributed by atoms with Crippen molar-refractivity contribution >= 4 is 43.2 Å². The summed E-state index contributed by atoms with van der Waals surface area (Å²) in [7, 11) is -2.11. The topological polar surface area (TPSA) is 57.7 Å². The van der Waals surface area contributed by atoms with Gasteiger partial charge in [0.15, 0.2) is 0 Å². The monoisotopic (exact) mass is 422 g/mol. The first kappa shape index (κ1) is 17.9. The number of halogens is 1. The van der Waals surface area contributed by atoms with Gasteiger partial charge in [0, 0.05) is 30.2 Å². The number of nitrogens with zero attached hydrogens (tertiary/aromatic N) is 2. The predicted octanol–water partition coefficient (Wildman–Crippen LogP) is 3.57. The van der Waals surface area contributed by atoms with E-state index in [0.29, 0.717) is 25.1 Å². The van der Waals surface area contributed by atoms with Crippen molar-refractivity contribution in [1.29, 1.82) is 0 Å². The van der Waals surface area contributed by atoms with E-state index in [0.717, 1.165) is 15.7 Å². The Balaban J connectivity index is 1.94. The Labute approximate surface area is 156 Å². The van der Waals surface area contributed by atoms with Crippen molar-refractivity contribution in [3.63, 3.8) is 0 Å². The summed E-state index contributed by atoms with van der Waals surface area (Å²) in [6, 6.07) is 12.1. The van der Waals surface area contributed by atoms with Gasteiger partial charge in [0.1, 0.15) is 0 Å². The Hall–Kier alpha value is -1.86. The molecule has 0 N–H and O–H groups in total. The molecule has 0 atom stereocenters. The van der Waals surface area contributed by atoms with Gasteiger partial charge in [-0.1, -0.05) is 22.9 Å². The molecule has 0 saturated carbocycles. The van der Waals surface area contributed by atoms with E-state index in [1.807, 2.05) is 6.92 Å². The summed E-state index contributed by atoms with van der Waals surface area (Å²) < 4.78 is 28.0. The first-order valence-corrected chi connectivity index (χ1v) is 10.3. The van der Waals surface area contributed by atoms with Gasteiger partial charge in [0.05, 0.1) is 10.6 Å². The summed E-state index contributed by atoms with van der Waals surface area (Å²) in [5.74, 6) is 0.0568. The van der Waals surface area contributed by atoms with Crippen LogP contribution in [0.1, 0.15) is 18.9 Å². The second kappa shape index (κ2) is 6.80. The van der Waals surface area contributed by atoms with E-state index >= 15 is 0 Å². The maximum Gasteiger partial charge on any atom is 0.264 e. The summed E-state index contributed by atoms with van der Waals surface area (Å²) in [4.78, 5) is 13.9. The van der Waals surface area contributed by atoms with E-state index < -0.39 is 10.0 Å². The second-order valence-corrected chi connectivity index (χ2v) is 8.77. The average molecular weight is 423 g/mol. The van der Waals surface area contributed by atoms with Gasteiger partial charge in [-0.2, -0.15) is 0 Å². The highest BCUT2D eigenvalue weighted by molar-refractivity contribution is 9.10. The Morgan fingerprint density at radius 3 is 2.52 bits per heavy atom. The zero-order valence-corrected chi connectivity index (χ0v) is 16.5. The number of hydrogen-bond acceptors (Lipinski definition) is 3. The summed E-state index contributed by atoms with van der Waals surface area (Å²) in [6.07, 6.45) is 1.11. The van der Waals surface area contributed by atoms with Crippen molar-refractivity contribution in [3.8, 4) is 0 Å². The fourth-order valence-electron chi connectivity index (χ4n) is 2.94. The van der Waals surface area contributed by atoms with Gasteiger partial charge >= 0.3 is 0 Å². The molecule has 1 amide bonds. The van der Waals surface area contributed by atoms with Crippen LogP contribution in [0.15, 0.2) is 51.8 Å². The number of carbonyl (C=O) groups excluding carboxylic acids is 1. The van der Waals surface area contributed by atoms with Gasteiger partial charge in [0.25, 0.3) is 10.0 Å². The molecule has 1 heterocycles. The molecular formula is C18H19BrN2O3S. The fraction of sp³-hybridized carbons (Fsp3) is 0.278. The number of carbonyl (C=O) groups is 1. The molecule has 25 heavy (non-hydrogen) atoms. The summed E-state index contributed by atoms with van der Waals surface area (Å²) >= 11 is 3.35. The van der Waals surface area contributed by atoms with Crippen molar-refractivity contribution in [2.75, 3.05) is 22.8 Å². The quantitative estimate of drug-likeness (QED) is 0.756. The fourth-order valence-corrected chi connectivity index (χ4v) is 4.45. The van der Waals surface area contributed by atoms with Crippen LogP contribution in [0.3, 0.4) is 0 Å². The van der Waals surface area contributed by atoms with Crippen molar-refractivity contribution < 1.29 is 13.2 Å². The SMILES string of the molecule is CCC(=O)N1CCc2cc(S(=O)(=O)N(C)c3ccc(Br)cc3)ccc21. The number of hydrogen-bond donors (Lipinski definition) is 0. The standard InChI is InChI=1S/C18H19BrN2O3S/c1-3-18(22)21-11-10-13-12-16(8-9-17(13)21)25(23,24)20(2)15-6-4-14(19)5-7-15/h4-9,12H,3,10-11H2,1-2H3. The van der Waals surface area contributed by atoms with Gasteiger partial charge in [-0.05, 0) is 54.4 Å². The highest BCUT2D eigenvalue weighted by atomic mass is 79.9. The molecule has 0 spiro atoms. The third-order valence-corrected chi connectivity index (χ3v) is 6.71. The van der Waals surface area contributed by atoms with Crippen LogP contribution in [0.4, 0.5) is 11.4 Å². The van der Waals surface area contributed by atoms with Crippen molar-refractivity contribution in [2.45, 2.75) is 24.7 Å². The van der Waals surface area contributed by atoms with Crippen molar-refractivity contribution in [2.24, 2.45) is 0 Å². The largest absolute Gasteiger partial charge is 0.312 e. The number of amides is 1. The van der Waals surface area contributed by atoms with E-state index in [4.69, 9.17) is 0 Å². The van der Waals surface area contributed by atoms with Crippen LogP contribution >= 0.6 is 15.9 Å². The predicted molar refractivity (Wildman–Crippen MR) is 103 cm³/mol. The minimum absolute atomic E-state index is 0.0568. The molecule has 0 aromatic heterocycles. The summed E-state index contributed by atoms with van der Waals surface area (Å²) in [5.41, 5.74) is 2.30. The second-order valence-electron chi connectivity index (χ2n) is 5.89. The smallest absolute Gasteiger partial charge is 0.264 e. The molecule has 2 aromatic rings. The van der Waals surface area contributed by atoms with E-state index in [1.165, 1.54) is 4.31 Å². The molecular weight excluding hydrogens is 404 g/mol. The van der Waals surface area contributed by atoms with Gasteiger partial charge < -0.3 is 4.90 Å². The van der Waals surface area contributed by atoms with Gasteiger partial charge in [-0.3, -0.25) is 9.10 Å². The zero-order chi connectivity index (χ0) is 18.2. The molecule has 0 bridgehead atoms. The molecule has 2 aromatic carbocycles. The average Bonchev–Trinajstić information content (AvgIpc) is 3.04. The zero-order valence-electron chi connectivity index (χ0n) is 14.1. The lowest BCUT2D eigenvalue weighted by Crippen LogP contribution is -2.28.